The van der Waals surface area contributed by atoms with Crippen molar-refractivity contribution in [3.05, 3.63) is 46.0 Å². The third-order valence-electron chi connectivity index (χ3n) is 8.27. The fraction of sp³-hybridized carbons (Fsp3) is 0.520. The average molecular weight is 539 g/mol. The van der Waals surface area contributed by atoms with Gasteiger partial charge >= 0.3 is 0 Å². The van der Waals surface area contributed by atoms with Crippen molar-refractivity contribution in [2.45, 2.75) is 46.3 Å². The van der Waals surface area contributed by atoms with E-state index in [-0.39, 0.29) is 18.5 Å². The Bertz CT molecular complexity index is 1080. The Morgan fingerprint density at radius 1 is 1.07 bits per heavy atom. The van der Waals surface area contributed by atoms with Crippen molar-refractivity contribution in [1.82, 2.24) is 9.47 Å². The van der Waals surface area contributed by atoms with E-state index in [9.17, 15) is 5.11 Å². The van der Waals surface area contributed by atoms with Crippen LogP contribution in [0.4, 0.5) is 0 Å². The van der Waals surface area contributed by atoms with Crippen LogP contribution in [0.3, 0.4) is 0 Å². The molecule has 2 aromatic carbocycles. The lowest BCUT2D eigenvalue weighted by Gasteiger charge is -2.50. The van der Waals surface area contributed by atoms with Gasteiger partial charge in [-0.25, -0.2) is 0 Å². The van der Waals surface area contributed by atoms with E-state index in [1.165, 1.54) is 38.2 Å². The van der Waals surface area contributed by atoms with Gasteiger partial charge in [-0.2, -0.15) is 0 Å². The molecule has 3 nitrogen and oxygen atoms in total. The molecule has 0 spiro atoms. The molecule has 5 heteroatoms. The number of aliphatic hydroxyl groups is 1. The Balaban J connectivity index is 0.00000218. The van der Waals surface area contributed by atoms with Gasteiger partial charge in [-0.3, -0.25) is 4.90 Å². The molecule has 5 rings (SSSR count). The standard InChI is InChI=1S/C25H31IN2O.ClH/c1-24(2)17-10-11-25(24,3)16-27(13-17)14-19(29)15-28-22-7-5-4-6-20(22)21-12-18(26)8-9-23(21)28;/h4-9,12,17,19,29H,10-11,13-16H2,1-3H3;1H/t17-,19?,25+;/m0./s1. The number of para-hydroxylation sites is 1. The van der Waals surface area contributed by atoms with E-state index >= 15 is 0 Å². The zero-order valence-corrected chi connectivity index (χ0v) is 21.0. The molecule has 2 heterocycles. The zero-order valence-electron chi connectivity index (χ0n) is 18.1. The van der Waals surface area contributed by atoms with Crippen molar-refractivity contribution >= 4 is 56.8 Å². The fourth-order valence-corrected chi connectivity index (χ4v) is 6.56. The molecule has 1 N–H and O–H groups in total. The number of aliphatic hydroxyl groups excluding tert-OH is 1. The number of rotatable bonds is 4. The van der Waals surface area contributed by atoms with E-state index in [1.807, 2.05) is 0 Å². The Kier molecular flexibility index (Phi) is 5.93. The monoisotopic (exact) mass is 538 g/mol. The molecule has 1 aromatic heterocycles. The number of hydrogen-bond acceptors (Lipinski definition) is 2. The number of benzene rings is 2. The number of likely N-dealkylation sites (tertiary alicyclic amines) is 1. The molecule has 1 saturated heterocycles. The molecule has 162 valence electrons. The third kappa shape index (κ3) is 3.48. The quantitative estimate of drug-likeness (QED) is 0.417. The summed E-state index contributed by atoms with van der Waals surface area (Å²) in [6.07, 6.45) is 2.29. The SMILES string of the molecule is CC1(C)[C@H]2CC[C@]1(C)CN(CC(O)Cn1c3ccccc3c3cc(I)ccc31)C2.Cl. The predicted molar refractivity (Wildman–Crippen MR) is 136 cm³/mol. The van der Waals surface area contributed by atoms with E-state index < -0.39 is 0 Å². The maximum absolute atomic E-state index is 11.1. The van der Waals surface area contributed by atoms with Crippen LogP contribution in [0.25, 0.3) is 21.8 Å². The first-order valence-corrected chi connectivity index (χ1v) is 11.9. The largest absolute Gasteiger partial charge is 0.390 e. The van der Waals surface area contributed by atoms with E-state index in [0.29, 0.717) is 17.4 Å². The maximum atomic E-state index is 11.1. The molecule has 0 amide bonds. The molecule has 30 heavy (non-hydrogen) atoms. The Hall–Kier alpha value is -0.820. The van der Waals surface area contributed by atoms with Crippen LogP contribution in [0.15, 0.2) is 42.5 Å². The Morgan fingerprint density at radius 3 is 2.57 bits per heavy atom. The van der Waals surface area contributed by atoms with Crippen LogP contribution in [-0.4, -0.2) is 40.3 Å². The second-order valence-electron chi connectivity index (χ2n) is 10.2. The molecular weight excluding hydrogens is 507 g/mol. The van der Waals surface area contributed by atoms with E-state index in [0.717, 1.165) is 25.6 Å². The van der Waals surface area contributed by atoms with Crippen LogP contribution < -0.4 is 0 Å². The number of β-amino-alcohol motifs (C(OH)–C–C–N with tert-alkyl or cyclic N) is 1. The number of fused-ring (bicyclic) bond motifs is 5. The summed E-state index contributed by atoms with van der Waals surface area (Å²) in [6, 6.07) is 15.2. The summed E-state index contributed by atoms with van der Waals surface area (Å²) < 4.78 is 3.56. The van der Waals surface area contributed by atoms with Gasteiger partial charge in [0.05, 0.1) is 12.6 Å². The minimum atomic E-state index is -0.363. The van der Waals surface area contributed by atoms with Crippen molar-refractivity contribution < 1.29 is 5.11 Å². The highest BCUT2D eigenvalue weighted by atomic mass is 127. The van der Waals surface area contributed by atoms with Crippen molar-refractivity contribution in [3.8, 4) is 0 Å². The van der Waals surface area contributed by atoms with Gasteiger partial charge in [0.2, 0.25) is 0 Å². The molecule has 2 fully saturated rings. The number of aromatic nitrogens is 1. The van der Waals surface area contributed by atoms with Crippen LogP contribution in [-0.2, 0) is 6.54 Å². The fourth-order valence-electron chi connectivity index (χ4n) is 6.07. The smallest absolute Gasteiger partial charge is 0.0845 e. The first-order valence-electron chi connectivity index (χ1n) is 10.9. The lowest BCUT2D eigenvalue weighted by molar-refractivity contribution is -0.0345. The van der Waals surface area contributed by atoms with Gasteiger partial charge in [-0.15, -0.1) is 12.4 Å². The van der Waals surface area contributed by atoms with Gasteiger partial charge < -0.3 is 9.67 Å². The Labute approximate surface area is 199 Å². The number of hydrogen-bond donors (Lipinski definition) is 1. The zero-order chi connectivity index (χ0) is 20.4. The molecule has 1 aliphatic carbocycles. The third-order valence-corrected chi connectivity index (χ3v) is 8.94. The van der Waals surface area contributed by atoms with Crippen LogP contribution in [0, 0.1) is 20.3 Å². The average Bonchev–Trinajstić information content (AvgIpc) is 2.98. The van der Waals surface area contributed by atoms with Gasteiger partial charge in [0.15, 0.2) is 0 Å². The summed E-state index contributed by atoms with van der Waals surface area (Å²) in [4.78, 5) is 2.53. The minimum absolute atomic E-state index is 0. The second kappa shape index (κ2) is 7.95. The lowest BCUT2D eigenvalue weighted by Crippen LogP contribution is -2.53. The highest BCUT2D eigenvalue weighted by Crippen LogP contribution is 2.58. The highest BCUT2D eigenvalue weighted by molar-refractivity contribution is 14.1. The first-order chi connectivity index (χ1) is 13.8. The Morgan fingerprint density at radius 2 is 1.80 bits per heavy atom. The molecular formula is C25H32ClIN2O. The van der Waals surface area contributed by atoms with Gasteiger partial charge in [0.25, 0.3) is 0 Å². The molecule has 2 aliphatic rings. The van der Waals surface area contributed by atoms with Crippen molar-refractivity contribution in [2.24, 2.45) is 16.7 Å². The first kappa shape index (κ1) is 22.4. The summed E-state index contributed by atoms with van der Waals surface area (Å²) in [6.45, 7) is 11.0. The van der Waals surface area contributed by atoms with Crippen LogP contribution in [0.5, 0.6) is 0 Å². The maximum Gasteiger partial charge on any atom is 0.0845 e. The second-order valence-corrected chi connectivity index (χ2v) is 11.4. The molecule has 0 radical (unpaired) electrons. The summed E-state index contributed by atoms with van der Waals surface area (Å²) in [5, 5.41) is 13.6. The van der Waals surface area contributed by atoms with E-state index in [1.54, 1.807) is 0 Å². The van der Waals surface area contributed by atoms with Gasteiger partial charge in [0, 0.05) is 45.0 Å². The predicted octanol–water partition coefficient (Wildman–Crippen LogP) is 5.94. The molecule has 1 saturated carbocycles. The highest BCUT2D eigenvalue weighted by Gasteiger charge is 2.55. The van der Waals surface area contributed by atoms with Gasteiger partial charge in [0.1, 0.15) is 0 Å². The normalized spacial score (nSPS) is 26.8. The van der Waals surface area contributed by atoms with Crippen LogP contribution in [0.1, 0.15) is 33.6 Å². The molecule has 3 aromatic rings. The molecule has 1 aliphatic heterocycles. The molecule has 1 unspecified atom stereocenters. The number of piperidine rings is 1. The van der Waals surface area contributed by atoms with Crippen LogP contribution >= 0.6 is 35.0 Å². The number of halogens is 2. The topological polar surface area (TPSA) is 28.4 Å². The van der Waals surface area contributed by atoms with Gasteiger partial charge in [-0.1, -0.05) is 39.0 Å². The van der Waals surface area contributed by atoms with Crippen molar-refractivity contribution in [1.29, 1.82) is 0 Å². The summed E-state index contributed by atoms with van der Waals surface area (Å²) in [5.74, 6) is 0.753. The van der Waals surface area contributed by atoms with Gasteiger partial charge in [-0.05, 0) is 76.4 Å². The number of nitrogens with zero attached hydrogens (tertiary/aromatic N) is 2. The van der Waals surface area contributed by atoms with Crippen molar-refractivity contribution in [2.75, 3.05) is 19.6 Å². The summed E-state index contributed by atoms with van der Waals surface area (Å²) in [5.41, 5.74) is 3.23. The van der Waals surface area contributed by atoms with Crippen molar-refractivity contribution in [3.63, 3.8) is 0 Å². The minimum Gasteiger partial charge on any atom is -0.390 e. The summed E-state index contributed by atoms with van der Waals surface area (Å²) >= 11 is 2.38. The molecule has 2 bridgehead atoms. The molecule has 3 atom stereocenters. The lowest BCUT2D eigenvalue weighted by atomic mass is 9.63. The summed E-state index contributed by atoms with van der Waals surface area (Å²) in [7, 11) is 0. The van der Waals surface area contributed by atoms with Crippen LogP contribution in [0.2, 0.25) is 0 Å². The van der Waals surface area contributed by atoms with E-state index in [4.69, 9.17) is 0 Å². The van der Waals surface area contributed by atoms with E-state index in [2.05, 4.69) is 95.3 Å².